The minimum atomic E-state index is -0.445. The summed E-state index contributed by atoms with van der Waals surface area (Å²) in [6.07, 6.45) is 1.74. The highest BCUT2D eigenvalue weighted by atomic mass is 32.1. The lowest BCUT2D eigenvalue weighted by Gasteiger charge is -2.28. The van der Waals surface area contributed by atoms with Gasteiger partial charge < -0.3 is 24.6 Å². The lowest BCUT2D eigenvalue weighted by molar-refractivity contribution is -0.384. The molecule has 37 heavy (non-hydrogen) atoms. The van der Waals surface area contributed by atoms with Gasteiger partial charge in [0.25, 0.3) is 5.69 Å². The Bertz CT molecular complexity index is 1500. The van der Waals surface area contributed by atoms with Crippen LogP contribution in [0.15, 0.2) is 72.9 Å². The third-order valence-electron chi connectivity index (χ3n) is 6.64. The Morgan fingerprint density at radius 1 is 1.08 bits per heavy atom. The Balaban J connectivity index is 1.70. The van der Waals surface area contributed by atoms with Gasteiger partial charge in [-0.05, 0) is 68.0 Å². The van der Waals surface area contributed by atoms with Crippen LogP contribution in [0.1, 0.15) is 34.7 Å². The molecule has 0 spiro atoms. The van der Waals surface area contributed by atoms with Crippen LogP contribution in [0.3, 0.4) is 0 Å². The maximum Gasteiger partial charge on any atom is 0.273 e. The topological polar surface area (TPSA) is 106 Å². The Hall–Kier alpha value is -4.44. The van der Waals surface area contributed by atoms with Crippen molar-refractivity contribution >= 4 is 28.7 Å². The first kappa shape index (κ1) is 24.3. The lowest BCUT2D eigenvalue weighted by atomic mass is 9.96. The Morgan fingerprint density at radius 2 is 1.84 bits per heavy atom. The van der Waals surface area contributed by atoms with Crippen molar-refractivity contribution in [2.24, 2.45) is 0 Å². The zero-order valence-electron chi connectivity index (χ0n) is 20.5. The smallest absolute Gasteiger partial charge is 0.273 e. The van der Waals surface area contributed by atoms with E-state index in [1.807, 2.05) is 53.6 Å². The maximum absolute atomic E-state index is 11.3. The number of aromatic hydroxyl groups is 1. The van der Waals surface area contributed by atoms with Gasteiger partial charge in [0, 0.05) is 23.7 Å². The molecule has 1 aliphatic heterocycles. The molecule has 1 saturated heterocycles. The summed E-state index contributed by atoms with van der Waals surface area (Å²) in [5.74, 6) is 0.505. The molecule has 0 bridgehead atoms. The molecule has 10 heteroatoms. The van der Waals surface area contributed by atoms with E-state index in [9.17, 15) is 15.2 Å². The van der Waals surface area contributed by atoms with E-state index in [4.69, 9.17) is 17.0 Å². The monoisotopic (exact) mass is 515 g/mol. The first-order valence-electron chi connectivity index (χ1n) is 11.6. The number of anilines is 1. The van der Waals surface area contributed by atoms with Crippen molar-refractivity contribution in [3.63, 3.8) is 0 Å². The molecule has 3 heterocycles. The fourth-order valence-corrected chi connectivity index (χ4v) is 5.36. The molecule has 0 saturated carbocycles. The number of non-ortho nitro benzene ring substituents is 1. The summed E-state index contributed by atoms with van der Waals surface area (Å²) in [5.41, 5.74) is 4.81. The fraction of sp³-hybridized carbons (Fsp3) is 0.185. The number of aryl methyl sites for hydroxylation is 1. The maximum atomic E-state index is 11.3. The molecule has 0 amide bonds. The minimum Gasteiger partial charge on any atom is -0.506 e. The molecule has 0 radical (unpaired) electrons. The van der Waals surface area contributed by atoms with E-state index in [-0.39, 0.29) is 23.5 Å². The number of phenols is 1. The average molecular weight is 516 g/mol. The van der Waals surface area contributed by atoms with Crippen molar-refractivity contribution in [2.75, 3.05) is 12.0 Å². The highest BCUT2D eigenvalue weighted by Gasteiger charge is 2.43. The van der Waals surface area contributed by atoms with Gasteiger partial charge in [-0.1, -0.05) is 18.2 Å². The van der Waals surface area contributed by atoms with E-state index >= 15 is 0 Å². The van der Waals surface area contributed by atoms with Crippen LogP contribution in [0.25, 0.3) is 5.69 Å². The number of methoxy groups -OCH3 is 1. The van der Waals surface area contributed by atoms with E-state index in [1.165, 1.54) is 19.2 Å². The zero-order chi connectivity index (χ0) is 26.3. The summed E-state index contributed by atoms with van der Waals surface area (Å²) >= 11 is 5.78. The van der Waals surface area contributed by atoms with Gasteiger partial charge in [-0.2, -0.15) is 0 Å². The van der Waals surface area contributed by atoms with Crippen LogP contribution in [0, 0.1) is 24.0 Å². The molecule has 1 aliphatic rings. The number of aromatic nitrogens is 2. The van der Waals surface area contributed by atoms with Gasteiger partial charge in [-0.3, -0.25) is 15.1 Å². The van der Waals surface area contributed by atoms with Crippen molar-refractivity contribution in [1.82, 2.24) is 14.9 Å². The van der Waals surface area contributed by atoms with Crippen LogP contribution in [0.5, 0.6) is 11.5 Å². The second-order valence-electron chi connectivity index (χ2n) is 8.76. The Morgan fingerprint density at radius 3 is 2.51 bits per heavy atom. The molecule has 5 rings (SSSR count). The number of pyridine rings is 1. The molecular weight excluding hydrogens is 490 g/mol. The number of nitro benzene ring substituents is 1. The number of nitrogens with one attached hydrogen (secondary N) is 1. The molecule has 188 valence electrons. The second kappa shape index (κ2) is 9.55. The minimum absolute atomic E-state index is 0.0467. The summed E-state index contributed by atoms with van der Waals surface area (Å²) in [6, 6.07) is 18.8. The van der Waals surface area contributed by atoms with E-state index in [0.29, 0.717) is 22.2 Å². The van der Waals surface area contributed by atoms with Gasteiger partial charge in [0.1, 0.15) is 11.5 Å². The fourth-order valence-electron chi connectivity index (χ4n) is 5.02. The zero-order valence-corrected chi connectivity index (χ0v) is 21.3. The quantitative estimate of drug-likeness (QED) is 0.203. The molecule has 0 unspecified atom stereocenters. The molecule has 4 aromatic rings. The van der Waals surface area contributed by atoms with E-state index in [0.717, 1.165) is 22.6 Å². The molecule has 0 aliphatic carbocycles. The SMILES string of the molecule is COc1cc([N+](=O)[O-])ccc1-n1c(C)cc([C@@H]2[C@H](c3ccccn3)NC(=S)N2c2ccccc2O)c1C. The molecule has 2 aromatic heterocycles. The number of para-hydroxylation sites is 2. The number of hydrogen-bond donors (Lipinski definition) is 2. The number of nitrogens with zero attached hydrogens (tertiary/aromatic N) is 4. The summed E-state index contributed by atoms with van der Waals surface area (Å²) in [4.78, 5) is 17.4. The van der Waals surface area contributed by atoms with Gasteiger partial charge in [0.05, 0.1) is 47.3 Å². The van der Waals surface area contributed by atoms with Crippen LogP contribution >= 0.6 is 12.2 Å². The van der Waals surface area contributed by atoms with Crippen molar-refractivity contribution in [3.8, 4) is 17.2 Å². The highest BCUT2D eigenvalue weighted by Crippen LogP contribution is 2.46. The van der Waals surface area contributed by atoms with Gasteiger partial charge >= 0.3 is 0 Å². The summed E-state index contributed by atoms with van der Waals surface area (Å²) < 4.78 is 7.55. The van der Waals surface area contributed by atoms with Crippen molar-refractivity contribution in [3.05, 3.63) is 106 Å². The average Bonchev–Trinajstić information content (AvgIpc) is 3.39. The summed E-state index contributed by atoms with van der Waals surface area (Å²) in [7, 11) is 1.49. The Labute approximate surface area is 219 Å². The number of benzene rings is 2. The molecule has 2 N–H and O–H groups in total. The van der Waals surface area contributed by atoms with E-state index < -0.39 is 4.92 Å². The third-order valence-corrected chi connectivity index (χ3v) is 6.96. The van der Waals surface area contributed by atoms with Gasteiger partial charge in [0.15, 0.2) is 5.11 Å². The number of hydrogen-bond acceptors (Lipinski definition) is 6. The Kier molecular flexibility index (Phi) is 6.26. The number of phenolic OH excluding ortho intramolecular Hbond substituents is 1. The second-order valence-corrected chi connectivity index (χ2v) is 9.15. The predicted molar refractivity (Wildman–Crippen MR) is 144 cm³/mol. The van der Waals surface area contributed by atoms with Crippen molar-refractivity contribution in [2.45, 2.75) is 25.9 Å². The molecule has 9 nitrogen and oxygen atoms in total. The highest BCUT2D eigenvalue weighted by molar-refractivity contribution is 7.80. The van der Waals surface area contributed by atoms with E-state index in [1.54, 1.807) is 24.4 Å². The predicted octanol–water partition coefficient (Wildman–Crippen LogP) is 5.29. The first-order valence-corrected chi connectivity index (χ1v) is 12.0. The standard InChI is InChI=1S/C27H25N5O4S/c1-16-14-19(17(2)30(16)22-12-11-18(32(34)35)15-24(22)36-3)26-25(20-8-6-7-13-28-20)29-27(37)31(26)21-9-4-5-10-23(21)33/h4-15,25-26,33H,1-3H3,(H,29,37)/t25-,26+/m0/s1. The summed E-state index contributed by atoms with van der Waals surface area (Å²) in [6.45, 7) is 3.96. The third kappa shape index (κ3) is 4.15. The largest absolute Gasteiger partial charge is 0.506 e. The summed E-state index contributed by atoms with van der Waals surface area (Å²) in [5, 5.41) is 25.9. The molecular formula is C27H25N5O4S. The number of ether oxygens (including phenoxy) is 1. The number of thiocarbonyl (C=S) groups is 1. The van der Waals surface area contributed by atoms with Crippen LogP contribution in [-0.4, -0.2) is 31.8 Å². The van der Waals surface area contributed by atoms with E-state index in [2.05, 4.69) is 16.4 Å². The molecule has 1 fully saturated rings. The van der Waals surface area contributed by atoms with Gasteiger partial charge in [-0.15, -0.1) is 0 Å². The van der Waals surface area contributed by atoms with Gasteiger partial charge in [-0.25, -0.2) is 0 Å². The van der Waals surface area contributed by atoms with Gasteiger partial charge in [0.2, 0.25) is 0 Å². The van der Waals surface area contributed by atoms with Crippen LogP contribution < -0.4 is 15.0 Å². The number of nitro groups is 1. The molecule has 2 atom stereocenters. The van der Waals surface area contributed by atoms with Crippen molar-refractivity contribution in [1.29, 1.82) is 0 Å². The van der Waals surface area contributed by atoms with Crippen LogP contribution in [-0.2, 0) is 0 Å². The van der Waals surface area contributed by atoms with Crippen LogP contribution in [0.2, 0.25) is 0 Å². The number of rotatable bonds is 6. The molecule has 2 aromatic carbocycles. The lowest BCUT2D eigenvalue weighted by Crippen LogP contribution is -2.29. The van der Waals surface area contributed by atoms with Crippen molar-refractivity contribution < 1.29 is 14.8 Å². The van der Waals surface area contributed by atoms with Crippen LogP contribution in [0.4, 0.5) is 11.4 Å². The normalized spacial score (nSPS) is 17.1. The first-order chi connectivity index (χ1) is 17.8.